The fraction of sp³-hybridized carbons (Fsp3) is 0.250. The van der Waals surface area contributed by atoms with Crippen molar-refractivity contribution in [1.82, 2.24) is 9.13 Å². The topological polar surface area (TPSA) is 102 Å². The number of phenols is 1. The molecular weight excluding hydrogens is 252 g/mol. The Kier molecular flexibility index (Phi) is 3.12. The number of aliphatic carboxylic acids is 1. The number of carboxylic acid groups (broad SMARTS) is 1. The maximum atomic E-state index is 12.1. The lowest BCUT2D eigenvalue weighted by molar-refractivity contribution is -0.137. The van der Waals surface area contributed by atoms with E-state index in [-0.39, 0.29) is 24.1 Å². The van der Waals surface area contributed by atoms with Gasteiger partial charge in [0.1, 0.15) is 5.75 Å². The van der Waals surface area contributed by atoms with Crippen LogP contribution in [0.2, 0.25) is 0 Å². The van der Waals surface area contributed by atoms with Crippen molar-refractivity contribution in [3.63, 3.8) is 0 Å². The van der Waals surface area contributed by atoms with Gasteiger partial charge < -0.3 is 10.2 Å². The number of carboxylic acids is 1. The molecule has 0 spiro atoms. The zero-order valence-corrected chi connectivity index (χ0v) is 10.2. The van der Waals surface area contributed by atoms with Gasteiger partial charge >= 0.3 is 11.7 Å². The monoisotopic (exact) mass is 264 g/mol. The highest BCUT2D eigenvalue weighted by Crippen LogP contribution is 2.14. The minimum atomic E-state index is -1.09. The Morgan fingerprint density at radius 1 is 1.32 bits per heavy atom. The van der Waals surface area contributed by atoms with E-state index in [9.17, 15) is 19.5 Å². The van der Waals surface area contributed by atoms with Crippen molar-refractivity contribution in [3.05, 3.63) is 39.0 Å². The molecule has 1 aromatic carbocycles. The highest BCUT2D eigenvalue weighted by atomic mass is 16.4. The first-order valence-corrected chi connectivity index (χ1v) is 5.56. The number of aromatic nitrogens is 2. The van der Waals surface area contributed by atoms with E-state index in [0.717, 1.165) is 4.57 Å². The van der Waals surface area contributed by atoms with Crippen molar-refractivity contribution in [2.24, 2.45) is 7.05 Å². The Balaban J connectivity index is 2.75. The van der Waals surface area contributed by atoms with E-state index in [2.05, 4.69) is 0 Å². The molecular formula is C12H12N2O5. The lowest BCUT2D eigenvalue weighted by Gasteiger charge is -2.09. The summed E-state index contributed by atoms with van der Waals surface area (Å²) in [5.74, 6) is -1.18. The van der Waals surface area contributed by atoms with Crippen LogP contribution in [0.5, 0.6) is 5.75 Å². The number of aromatic hydroxyl groups is 1. The third-order valence-electron chi connectivity index (χ3n) is 2.88. The zero-order valence-electron chi connectivity index (χ0n) is 10.2. The molecule has 19 heavy (non-hydrogen) atoms. The minimum absolute atomic E-state index is 0.0898. The summed E-state index contributed by atoms with van der Waals surface area (Å²) < 4.78 is 2.11. The van der Waals surface area contributed by atoms with Gasteiger partial charge in [-0.25, -0.2) is 4.79 Å². The Hall–Kier alpha value is -2.57. The number of aryl methyl sites for hydroxylation is 1. The van der Waals surface area contributed by atoms with E-state index in [0.29, 0.717) is 5.52 Å². The lowest BCUT2D eigenvalue weighted by Crippen LogP contribution is -2.39. The fourth-order valence-corrected chi connectivity index (χ4v) is 1.91. The molecule has 0 saturated carbocycles. The smallest absolute Gasteiger partial charge is 0.331 e. The van der Waals surface area contributed by atoms with Gasteiger partial charge in [-0.2, -0.15) is 0 Å². The number of benzene rings is 1. The van der Waals surface area contributed by atoms with Gasteiger partial charge in [0.05, 0.1) is 17.3 Å². The maximum absolute atomic E-state index is 12.1. The van der Waals surface area contributed by atoms with E-state index in [1.807, 2.05) is 0 Å². The summed E-state index contributed by atoms with van der Waals surface area (Å²) in [7, 11) is 1.48. The Morgan fingerprint density at radius 3 is 2.63 bits per heavy atom. The second kappa shape index (κ2) is 4.60. The first-order valence-electron chi connectivity index (χ1n) is 5.56. The molecule has 7 heteroatoms. The molecule has 0 saturated heterocycles. The average Bonchev–Trinajstić information content (AvgIpc) is 2.35. The van der Waals surface area contributed by atoms with Crippen LogP contribution in [-0.4, -0.2) is 25.3 Å². The standard InChI is InChI=1S/C12H12N2O5/c1-13-9-3-2-7(15)6-8(9)11(18)14(12(13)19)5-4-10(16)17/h2-3,6,15H,4-5H2,1H3,(H,16,17). The van der Waals surface area contributed by atoms with Crippen LogP contribution in [0.25, 0.3) is 10.9 Å². The zero-order chi connectivity index (χ0) is 14.2. The fourth-order valence-electron chi connectivity index (χ4n) is 1.91. The summed E-state index contributed by atoms with van der Waals surface area (Å²) in [6.07, 6.45) is -0.320. The second-order valence-corrected chi connectivity index (χ2v) is 4.14. The molecule has 2 N–H and O–H groups in total. The van der Waals surface area contributed by atoms with Gasteiger partial charge in [-0.3, -0.25) is 18.7 Å². The molecule has 2 aromatic rings. The van der Waals surface area contributed by atoms with E-state index < -0.39 is 17.2 Å². The van der Waals surface area contributed by atoms with Crippen LogP contribution in [0.4, 0.5) is 0 Å². The maximum Gasteiger partial charge on any atom is 0.331 e. The number of hydrogen-bond donors (Lipinski definition) is 2. The molecule has 0 bridgehead atoms. The molecule has 0 unspecified atom stereocenters. The summed E-state index contributed by atoms with van der Waals surface area (Å²) in [5.41, 5.74) is -0.793. The summed E-state index contributed by atoms with van der Waals surface area (Å²) in [5, 5.41) is 18.2. The van der Waals surface area contributed by atoms with Gasteiger partial charge in [-0.05, 0) is 18.2 Å². The van der Waals surface area contributed by atoms with Gasteiger partial charge in [-0.1, -0.05) is 0 Å². The third-order valence-corrected chi connectivity index (χ3v) is 2.88. The quantitative estimate of drug-likeness (QED) is 0.804. The number of nitrogens with zero attached hydrogens (tertiary/aromatic N) is 2. The second-order valence-electron chi connectivity index (χ2n) is 4.14. The highest BCUT2D eigenvalue weighted by Gasteiger charge is 2.12. The molecule has 1 aromatic heterocycles. The Morgan fingerprint density at radius 2 is 2.00 bits per heavy atom. The first-order chi connectivity index (χ1) is 8.91. The molecule has 0 amide bonds. The van der Waals surface area contributed by atoms with Gasteiger partial charge in [0.2, 0.25) is 0 Å². The van der Waals surface area contributed by atoms with Crippen LogP contribution in [-0.2, 0) is 18.4 Å². The molecule has 100 valence electrons. The van der Waals surface area contributed by atoms with Crippen LogP contribution in [0.3, 0.4) is 0 Å². The van der Waals surface area contributed by atoms with Crippen molar-refractivity contribution >= 4 is 16.9 Å². The van der Waals surface area contributed by atoms with Crippen molar-refractivity contribution in [3.8, 4) is 5.75 Å². The van der Waals surface area contributed by atoms with Crippen LogP contribution in [0, 0.1) is 0 Å². The van der Waals surface area contributed by atoms with E-state index in [4.69, 9.17) is 5.11 Å². The summed E-state index contributed by atoms with van der Waals surface area (Å²) in [4.78, 5) is 34.6. The van der Waals surface area contributed by atoms with E-state index in [1.54, 1.807) is 0 Å². The third kappa shape index (κ3) is 2.22. The highest BCUT2D eigenvalue weighted by molar-refractivity contribution is 5.79. The number of phenolic OH excluding ortho intramolecular Hbond substituents is 1. The van der Waals surface area contributed by atoms with Gasteiger partial charge in [-0.15, -0.1) is 0 Å². The Labute approximate surface area is 107 Å². The summed E-state index contributed by atoms with van der Waals surface area (Å²) >= 11 is 0. The van der Waals surface area contributed by atoms with Crippen molar-refractivity contribution in [1.29, 1.82) is 0 Å². The largest absolute Gasteiger partial charge is 0.508 e. The van der Waals surface area contributed by atoms with Gasteiger partial charge in [0, 0.05) is 13.6 Å². The average molecular weight is 264 g/mol. The molecule has 0 fully saturated rings. The molecule has 0 atom stereocenters. The summed E-state index contributed by atoms with van der Waals surface area (Å²) in [6.45, 7) is -0.202. The number of rotatable bonds is 3. The van der Waals surface area contributed by atoms with E-state index >= 15 is 0 Å². The van der Waals surface area contributed by atoms with Gasteiger partial charge in [0.15, 0.2) is 0 Å². The number of carbonyl (C=O) groups is 1. The first kappa shape index (κ1) is 12.9. The number of hydrogen-bond acceptors (Lipinski definition) is 4. The molecule has 0 aliphatic rings. The van der Waals surface area contributed by atoms with Crippen molar-refractivity contribution < 1.29 is 15.0 Å². The van der Waals surface area contributed by atoms with E-state index in [1.165, 1.54) is 29.8 Å². The molecule has 1 heterocycles. The molecule has 2 rings (SSSR count). The predicted molar refractivity (Wildman–Crippen MR) is 67.4 cm³/mol. The minimum Gasteiger partial charge on any atom is -0.508 e. The number of fused-ring (bicyclic) bond motifs is 1. The molecule has 0 aliphatic heterocycles. The van der Waals surface area contributed by atoms with Crippen LogP contribution < -0.4 is 11.2 Å². The molecule has 0 aliphatic carbocycles. The van der Waals surface area contributed by atoms with Crippen LogP contribution in [0.15, 0.2) is 27.8 Å². The van der Waals surface area contributed by atoms with Crippen molar-refractivity contribution in [2.75, 3.05) is 0 Å². The summed E-state index contributed by atoms with van der Waals surface area (Å²) in [6, 6.07) is 4.10. The van der Waals surface area contributed by atoms with Crippen molar-refractivity contribution in [2.45, 2.75) is 13.0 Å². The predicted octanol–water partition coefficient (Wildman–Crippen LogP) is -0.120. The Bertz CT molecular complexity index is 772. The van der Waals surface area contributed by atoms with Gasteiger partial charge in [0.25, 0.3) is 5.56 Å². The normalized spacial score (nSPS) is 10.8. The lowest BCUT2D eigenvalue weighted by atomic mass is 10.2. The SMILES string of the molecule is Cn1c(=O)n(CCC(=O)O)c(=O)c2cc(O)ccc21. The van der Waals surface area contributed by atoms with Crippen LogP contribution in [0.1, 0.15) is 6.42 Å². The molecule has 0 radical (unpaired) electrons. The van der Waals surface area contributed by atoms with Crippen LogP contribution >= 0.6 is 0 Å². The molecule has 7 nitrogen and oxygen atoms in total.